The molecule has 1 fully saturated rings. The lowest BCUT2D eigenvalue weighted by molar-refractivity contribution is 0.0689. The van der Waals surface area contributed by atoms with Crippen molar-refractivity contribution in [3.05, 3.63) is 128 Å². The van der Waals surface area contributed by atoms with E-state index in [1.54, 1.807) is 23.1 Å². The van der Waals surface area contributed by atoms with Crippen molar-refractivity contribution in [2.24, 2.45) is 0 Å². The minimum atomic E-state index is -1.04. The monoisotopic (exact) mass is 829 g/mol. The van der Waals surface area contributed by atoms with Crippen LogP contribution in [0.5, 0.6) is 5.75 Å². The molecule has 1 atom stereocenters. The number of carboxylic acid groups (broad SMARTS) is 1. The number of aryl methyl sites for hydroxylation is 1. The van der Waals surface area contributed by atoms with E-state index in [0.29, 0.717) is 43.2 Å². The van der Waals surface area contributed by atoms with Gasteiger partial charge in [0.2, 0.25) is 0 Å². The molecule has 3 aromatic carbocycles. The SMILES string of the molecule is CC1=C(NC(=O)c2cccc3c2CN(c2nc(C(=O)O)c(CCCOc4ccc5nc(N6CCN(c7ccccn7)CC6)sc5c4)s2)CC3)Sc2ccccc2C1C. The molecule has 0 saturated carbocycles. The lowest BCUT2D eigenvalue weighted by Crippen LogP contribution is -2.46. The van der Waals surface area contributed by atoms with Gasteiger partial charge in [-0.25, -0.2) is 19.7 Å². The van der Waals surface area contributed by atoms with E-state index in [0.717, 1.165) is 91.0 Å². The fraction of sp³-hybridized carbons (Fsp3) is 0.295. The number of benzene rings is 3. The molecule has 2 N–H and O–H groups in total. The number of rotatable bonds is 11. The van der Waals surface area contributed by atoms with Crippen molar-refractivity contribution in [3.8, 4) is 5.75 Å². The molecule has 3 aliphatic rings. The highest BCUT2D eigenvalue weighted by molar-refractivity contribution is 8.03. The summed E-state index contributed by atoms with van der Waals surface area (Å²) in [4.78, 5) is 48.9. The van der Waals surface area contributed by atoms with Crippen molar-refractivity contribution in [3.63, 3.8) is 0 Å². The van der Waals surface area contributed by atoms with Crippen LogP contribution in [0.25, 0.3) is 10.2 Å². The van der Waals surface area contributed by atoms with Gasteiger partial charge in [-0.3, -0.25) is 4.79 Å². The van der Waals surface area contributed by atoms with Gasteiger partial charge in [-0.15, -0.1) is 11.3 Å². The Kier molecular flexibility index (Phi) is 10.8. The molecule has 0 spiro atoms. The second kappa shape index (κ2) is 16.4. The fourth-order valence-corrected chi connectivity index (χ4v) is 11.2. The first-order valence-electron chi connectivity index (χ1n) is 19.6. The summed E-state index contributed by atoms with van der Waals surface area (Å²) in [6.07, 6.45) is 3.74. The number of aromatic nitrogens is 3. The first kappa shape index (κ1) is 38.1. The molecule has 296 valence electrons. The molecule has 1 amide bonds. The van der Waals surface area contributed by atoms with Gasteiger partial charge in [0.1, 0.15) is 11.6 Å². The molecule has 6 heterocycles. The number of piperazine rings is 1. The number of carbonyl (C=O) groups excluding carboxylic acids is 1. The molecule has 1 saturated heterocycles. The van der Waals surface area contributed by atoms with Crippen LogP contribution in [0.4, 0.5) is 16.1 Å². The normalized spacial score (nSPS) is 16.7. The minimum absolute atomic E-state index is 0.0856. The number of thioether (sulfide) groups is 1. The van der Waals surface area contributed by atoms with Crippen molar-refractivity contribution in [1.29, 1.82) is 0 Å². The summed E-state index contributed by atoms with van der Waals surface area (Å²) in [6.45, 7) is 9.41. The number of allylic oxidation sites excluding steroid dienone is 1. The third-order valence-corrected chi connectivity index (χ3v) is 14.7. The quantitative estimate of drug-likeness (QED) is 0.122. The van der Waals surface area contributed by atoms with E-state index in [4.69, 9.17) is 9.72 Å². The highest BCUT2D eigenvalue weighted by Gasteiger charge is 2.29. The van der Waals surface area contributed by atoms with Crippen molar-refractivity contribution in [2.75, 3.05) is 54.0 Å². The molecule has 3 aromatic heterocycles. The van der Waals surface area contributed by atoms with Crippen molar-refractivity contribution >= 4 is 72.6 Å². The molecular formula is C44H43N7O4S3. The molecule has 0 bridgehead atoms. The first-order chi connectivity index (χ1) is 28.3. The largest absolute Gasteiger partial charge is 0.494 e. The number of carbonyl (C=O) groups is 2. The lowest BCUT2D eigenvalue weighted by Gasteiger charge is -2.35. The number of nitrogens with one attached hydrogen (secondary N) is 1. The van der Waals surface area contributed by atoms with Crippen molar-refractivity contribution in [1.82, 2.24) is 20.3 Å². The average molecular weight is 830 g/mol. The van der Waals surface area contributed by atoms with E-state index in [-0.39, 0.29) is 17.5 Å². The lowest BCUT2D eigenvalue weighted by atomic mass is 9.93. The molecule has 3 aliphatic heterocycles. The predicted octanol–water partition coefficient (Wildman–Crippen LogP) is 8.62. The van der Waals surface area contributed by atoms with Crippen LogP contribution in [0.3, 0.4) is 0 Å². The van der Waals surface area contributed by atoms with Gasteiger partial charge in [-0.05, 0) is 90.9 Å². The third kappa shape index (κ3) is 7.75. The van der Waals surface area contributed by atoms with Gasteiger partial charge in [-0.2, -0.15) is 0 Å². The number of aromatic carboxylic acids is 1. The Balaban J connectivity index is 0.821. The number of hydrogen-bond acceptors (Lipinski definition) is 12. The molecule has 11 nitrogen and oxygen atoms in total. The van der Waals surface area contributed by atoms with Gasteiger partial charge >= 0.3 is 5.97 Å². The number of carboxylic acids is 1. The van der Waals surface area contributed by atoms with Crippen LogP contribution < -0.4 is 24.8 Å². The summed E-state index contributed by atoms with van der Waals surface area (Å²) in [6, 6.07) is 26.3. The molecule has 0 radical (unpaired) electrons. The number of anilines is 3. The summed E-state index contributed by atoms with van der Waals surface area (Å²) in [5.41, 5.74) is 6.17. The van der Waals surface area contributed by atoms with Gasteiger partial charge in [0.25, 0.3) is 5.91 Å². The Hall–Kier alpha value is -5.44. The molecular weight excluding hydrogens is 787 g/mol. The van der Waals surface area contributed by atoms with E-state index in [2.05, 4.69) is 74.2 Å². The van der Waals surface area contributed by atoms with Crippen LogP contribution >= 0.6 is 34.4 Å². The van der Waals surface area contributed by atoms with E-state index in [1.807, 2.05) is 54.7 Å². The highest BCUT2D eigenvalue weighted by Crippen LogP contribution is 2.43. The summed E-state index contributed by atoms with van der Waals surface area (Å²) < 4.78 is 7.24. The second-order valence-corrected chi connectivity index (χ2v) is 17.9. The fourth-order valence-electron chi connectivity index (χ4n) is 7.82. The summed E-state index contributed by atoms with van der Waals surface area (Å²) in [5, 5.41) is 15.9. The van der Waals surface area contributed by atoms with Gasteiger partial charge in [0.15, 0.2) is 16.0 Å². The Labute approximate surface area is 349 Å². The standard InChI is InChI=1S/C44H43N7O4S3/c1-27-28(2)41(56-35-12-4-3-10-31(27)35)48-40(52)32-11-7-9-29-17-19-51(26-33(29)32)44-47-39(42(53)54)36(57-44)13-8-24-55-30-15-16-34-37(25-30)58-43(46-34)50-22-20-49(21-23-50)38-14-5-6-18-45-38/h3-7,9-12,14-16,18,25,27H,8,13,17,19-24,26H2,1-2H3,(H,48,52)(H,53,54). The first-order valence-corrected chi connectivity index (χ1v) is 22.1. The van der Waals surface area contributed by atoms with Gasteiger partial charge in [-0.1, -0.05) is 66.4 Å². The van der Waals surface area contributed by atoms with E-state index < -0.39 is 5.97 Å². The number of thiazole rings is 2. The Morgan fingerprint density at radius 2 is 1.71 bits per heavy atom. The number of hydrogen-bond donors (Lipinski definition) is 2. The molecule has 58 heavy (non-hydrogen) atoms. The summed E-state index contributed by atoms with van der Waals surface area (Å²) in [5.74, 6) is 0.816. The van der Waals surface area contributed by atoms with Gasteiger partial charge in [0, 0.05) is 66.7 Å². The maximum Gasteiger partial charge on any atom is 0.355 e. The summed E-state index contributed by atoms with van der Waals surface area (Å²) >= 11 is 4.70. The van der Waals surface area contributed by atoms with Crippen molar-refractivity contribution < 1.29 is 19.4 Å². The predicted molar refractivity (Wildman–Crippen MR) is 233 cm³/mol. The maximum absolute atomic E-state index is 13.9. The molecule has 14 heteroatoms. The Morgan fingerprint density at radius 3 is 2.53 bits per heavy atom. The highest BCUT2D eigenvalue weighted by atomic mass is 32.2. The maximum atomic E-state index is 13.9. The van der Waals surface area contributed by atoms with Crippen LogP contribution in [-0.2, 0) is 19.4 Å². The van der Waals surface area contributed by atoms with Crippen molar-refractivity contribution in [2.45, 2.75) is 50.5 Å². The number of pyridine rings is 1. The van der Waals surface area contributed by atoms with E-state index in [9.17, 15) is 14.7 Å². The second-order valence-electron chi connectivity index (χ2n) is 14.8. The average Bonchev–Trinajstić information content (AvgIpc) is 3.89. The Morgan fingerprint density at radius 1 is 0.897 bits per heavy atom. The summed E-state index contributed by atoms with van der Waals surface area (Å²) in [7, 11) is 0. The molecule has 6 aromatic rings. The Bertz CT molecular complexity index is 2530. The smallest absolute Gasteiger partial charge is 0.355 e. The van der Waals surface area contributed by atoms with Crippen LogP contribution in [0.1, 0.15) is 68.6 Å². The van der Waals surface area contributed by atoms with Crippen LogP contribution in [0, 0.1) is 0 Å². The number of nitrogens with zero attached hydrogens (tertiary/aromatic N) is 6. The minimum Gasteiger partial charge on any atom is -0.494 e. The molecule has 9 rings (SSSR count). The van der Waals surface area contributed by atoms with Gasteiger partial charge in [0.05, 0.1) is 21.9 Å². The zero-order valence-electron chi connectivity index (χ0n) is 32.3. The topological polar surface area (TPSA) is 124 Å². The van der Waals surface area contributed by atoms with E-state index >= 15 is 0 Å². The van der Waals surface area contributed by atoms with Crippen LogP contribution in [0.15, 0.2) is 101 Å². The number of amides is 1. The van der Waals surface area contributed by atoms with Crippen LogP contribution in [0.2, 0.25) is 0 Å². The molecule has 0 aliphatic carbocycles. The number of fused-ring (bicyclic) bond motifs is 3. The number of ether oxygens (including phenoxy) is 1. The zero-order valence-corrected chi connectivity index (χ0v) is 34.8. The van der Waals surface area contributed by atoms with Gasteiger partial charge < -0.3 is 29.9 Å². The van der Waals surface area contributed by atoms with Crippen LogP contribution in [-0.4, -0.2) is 71.3 Å². The third-order valence-electron chi connectivity index (χ3n) is 11.2. The zero-order chi connectivity index (χ0) is 39.8. The van der Waals surface area contributed by atoms with E-state index in [1.165, 1.54) is 16.9 Å². The molecule has 1 unspecified atom stereocenters.